The number of allylic oxidation sites excluding steroid dienone is 3. The lowest BCUT2D eigenvalue weighted by Gasteiger charge is -2.04. The van der Waals surface area contributed by atoms with Gasteiger partial charge < -0.3 is 10.5 Å². The summed E-state index contributed by atoms with van der Waals surface area (Å²) in [7, 11) is 0. The first kappa shape index (κ1) is 14.4. The highest BCUT2D eigenvalue weighted by Gasteiger charge is 2.11. The van der Waals surface area contributed by atoms with Crippen molar-refractivity contribution < 1.29 is 9.90 Å². The third-order valence-electron chi connectivity index (χ3n) is 1.87. The maximum absolute atomic E-state index is 10.3. The predicted octanol–water partition coefficient (Wildman–Crippen LogP) is 2.71. The minimum Gasteiger partial charge on any atom is -0.481 e. The van der Waals surface area contributed by atoms with Gasteiger partial charge in [0, 0.05) is 6.42 Å². The lowest BCUT2D eigenvalue weighted by molar-refractivity contribution is -0.136. The number of nitrogens with zero attached hydrogens (tertiary/aromatic N) is 1. The number of nitrogens with one attached hydrogen (secondary N) is 1. The number of aliphatic carboxylic acids is 1. The molecule has 1 unspecified atom stereocenters. The monoisotopic (exact) mass is 240 g/mol. The Labute approximate surface area is 99.3 Å². The first-order valence-electron chi connectivity index (χ1n) is 4.63. The average Bonchev–Trinajstić information content (AvgIpc) is 2.24. The number of carbonyl (C=O) groups is 1. The SMILES string of the molecule is C=C(/C=C(/Cl)C(=N)C(C)C#N)CCC(=O)O. The summed E-state index contributed by atoms with van der Waals surface area (Å²) in [5, 5.41) is 24.7. The molecule has 0 spiro atoms. The van der Waals surface area contributed by atoms with Crippen molar-refractivity contribution >= 4 is 23.3 Å². The third kappa shape index (κ3) is 5.32. The number of hydrogen-bond donors (Lipinski definition) is 2. The minimum atomic E-state index is -0.911. The van der Waals surface area contributed by atoms with Gasteiger partial charge in [-0.05, 0) is 19.4 Å². The van der Waals surface area contributed by atoms with Gasteiger partial charge in [0.25, 0.3) is 0 Å². The Bertz CT molecular complexity index is 380. The molecule has 0 saturated heterocycles. The van der Waals surface area contributed by atoms with Crippen molar-refractivity contribution in [3.63, 3.8) is 0 Å². The van der Waals surface area contributed by atoms with Crippen LogP contribution in [-0.2, 0) is 4.79 Å². The van der Waals surface area contributed by atoms with Crippen molar-refractivity contribution in [1.29, 1.82) is 10.7 Å². The fourth-order valence-electron chi connectivity index (χ4n) is 0.868. The van der Waals surface area contributed by atoms with E-state index in [-0.39, 0.29) is 23.6 Å². The van der Waals surface area contributed by atoms with Gasteiger partial charge in [-0.1, -0.05) is 23.8 Å². The second-order valence-corrected chi connectivity index (χ2v) is 3.72. The molecule has 0 aliphatic heterocycles. The molecule has 0 bridgehead atoms. The molecule has 5 heteroatoms. The van der Waals surface area contributed by atoms with Gasteiger partial charge in [-0.25, -0.2) is 0 Å². The van der Waals surface area contributed by atoms with Gasteiger partial charge in [0.15, 0.2) is 0 Å². The lowest BCUT2D eigenvalue weighted by atomic mass is 10.0. The molecule has 2 N–H and O–H groups in total. The summed E-state index contributed by atoms with van der Waals surface area (Å²) >= 11 is 5.79. The molecule has 16 heavy (non-hydrogen) atoms. The van der Waals surface area contributed by atoms with E-state index in [1.165, 1.54) is 6.08 Å². The molecule has 0 aromatic heterocycles. The summed E-state index contributed by atoms with van der Waals surface area (Å²) in [5.41, 5.74) is 0.544. The molecule has 0 amide bonds. The second kappa shape index (κ2) is 6.81. The zero-order chi connectivity index (χ0) is 12.7. The number of nitriles is 1. The van der Waals surface area contributed by atoms with Crippen molar-refractivity contribution in [1.82, 2.24) is 0 Å². The summed E-state index contributed by atoms with van der Waals surface area (Å²) in [6.45, 7) is 5.20. The van der Waals surface area contributed by atoms with Crippen LogP contribution in [0.15, 0.2) is 23.3 Å². The second-order valence-electron chi connectivity index (χ2n) is 3.31. The maximum Gasteiger partial charge on any atom is 0.303 e. The number of rotatable bonds is 6. The molecule has 0 saturated carbocycles. The van der Waals surface area contributed by atoms with Crippen LogP contribution in [0.5, 0.6) is 0 Å². The van der Waals surface area contributed by atoms with Crippen molar-refractivity contribution in [3.8, 4) is 6.07 Å². The van der Waals surface area contributed by atoms with E-state index in [0.29, 0.717) is 5.57 Å². The highest BCUT2D eigenvalue weighted by Crippen LogP contribution is 2.15. The standard InChI is InChI=1S/C11H13ClN2O2/c1-7(3-4-10(15)16)5-9(12)11(14)8(2)6-13/h5,8,14H,1,3-4H2,2H3,(H,15,16)/b9-5+,14-11?. The van der Waals surface area contributed by atoms with Crippen molar-refractivity contribution in [3.05, 3.63) is 23.3 Å². The van der Waals surface area contributed by atoms with Gasteiger partial charge in [0.1, 0.15) is 0 Å². The van der Waals surface area contributed by atoms with Crippen molar-refractivity contribution in [2.75, 3.05) is 0 Å². The van der Waals surface area contributed by atoms with Crippen LogP contribution in [0.25, 0.3) is 0 Å². The minimum absolute atomic E-state index is 0.0145. The smallest absolute Gasteiger partial charge is 0.303 e. The Kier molecular flexibility index (Phi) is 6.12. The number of carboxylic acid groups (broad SMARTS) is 1. The average molecular weight is 241 g/mol. The van der Waals surface area contributed by atoms with Crippen molar-refractivity contribution in [2.24, 2.45) is 5.92 Å². The first-order chi connectivity index (χ1) is 7.38. The Hall–Kier alpha value is -1.60. The maximum atomic E-state index is 10.3. The van der Waals surface area contributed by atoms with E-state index >= 15 is 0 Å². The van der Waals surface area contributed by atoms with E-state index < -0.39 is 11.9 Å². The van der Waals surface area contributed by atoms with Crippen LogP contribution in [0, 0.1) is 22.7 Å². The highest BCUT2D eigenvalue weighted by atomic mass is 35.5. The van der Waals surface area contributed by atoms with E-state index in [1.807, 2.05) is 6.07 Å². The molecule has 0 rings (SSSR count). The quantitative estimate of drug-likeness (QED) is 0.553. The summed E-state index contributed by atoms with van der Waals surface area (Å²) in [6.07, 6.45) is 1.68. The topological polar surface area (TPSA) is 84.9 Å². The molecule has 0 radical (unpaired) electrons. The molecular weight excluding hydrogens is 228 g/mol. The molecular formula is C11H13ClN2O2. The van der Waals surface area contributed by atoms with Gasteiger partial charge in [0.05, 0.1) is 22.7 Å². The van der Waals surface area contributed by atoms with Crippen LogP contribution in [0.3, 0.4) is 0 Å². The fraction of sp³-hybridized carbons (Fsp3) is 0.364. The van der Waals surface area contributed by atoms with Gasteiger partial charge in [-0.3, -0.25) is 4.79 Å². The summed E-state index contributed by atoms with van der Waals surface area (Å²) in [4.78, 5) is 10.3. The molecule has 0 aromatic carbocycles. The van der Waals surface area contributed by atoms with Crippen LogP contribution in [0.2, 0.25) is 0 Å². The number of carboxylic acids is 1. The van der Waals surface area contributed by atoms with E-state index in [9.17, 15) is 4.79 Å². The number of hydrogen-bond acceptors (Lipinski definition) is 3. The van der Waals surface area contributed by atoms with Crippen LogP contribution in [0.4, 0.5) is 0 Å². The molecule has 0 aromatic rings. The zero-order valence-electron chi connectivity index (χ0n) is 8.96. The van der Waals surface area contributed by atoms with Gasteiger partial charge in [0.2, 0.25) is 0 Å². The van der Waals surface area contributed by atoms with Crippen LogP contribution >= 0.6 is 11.6 Å². The largest absolute Gasteiger partial charge is 0.481 e. The van der Waals surface area contributed by atoms with Crippen LogP contribution in [-0.4, -0.2) is 16.8 Å². The lowest BCUT2D eigenvalue weighted by Crippen LogP contribution is -2.07. The van der Waals surface area contributed by atoms with Gasteiger partial charge >= 0.3 is 5.97 Å². The molecule has 4 nitrogen and oxygen atoms in total. The van der Waals surface area contributed by atoms with Crippen LogP contribution < -0.4 is 0 Å². The Balaban J connectivity index is 4.43. The first-order valence-corrected chi connectivity index (χ1v) is 5.01. The van der Waals surface area contributed by atoms with Gasteiger partial charge in [-0.2, -0.15) is 5.26 Å². The molecule has 86 valence electrons. The summed E-state index contributed by atoms with van der Waals surface area (Å²) in [5.74, 6) is -1.50. The summed E-state index contributed by atoms with van der Waals surface area (Å²) < 4.78 is 0. The van der Waals surface area contributed by atoms with E-state index in [0.717, 1.165) is 0 Å². The molecule has 0 fully saturated rings. The number of halogens is 1. The molecule has 1 atom stereocenters. The summed E-state index contributed by atoms with van der Waals surface area (Å²) in [6, 6.07) is 1.90. The van der Waals surface area contributed by atoms with Crippen LogP contribution in [0.1, 0.15) is 19.8 Å². The van der Waals surface area contributed by atoms with Gasteiger partial charge in [-0.15, -0.1) is 0 Å². The Morgan fingerprint density at radius 2 is 2.25 bits per heavy atom. The fourth-order valence-corrected chi connectivity index (χ4v) is 1.19. The Morgan fingerprint density at radius 3 is 2.69 bits per heavy atom. The van der Waals surface area contributed by atoms with Crippen molar-refractivity contribution in [2.45, 2.75) is 19.8 Å². The highest BCUT2D eigenvalue weighted by molar-refractivity contribution is 6.43. The Morgan fingerprint density at radius 1 is 1.69 bits per heavy atom. The normalized spacial score (nSPS) is 12.7. The van der Waals surface area contributed by atoms with E-state index in [4.69, 9.17) is 27.4 Å². The molecule has 0 aliphatic carbocycles. The van der Waals surface area contributed by atoms with E-state index in [1.54, 1.807) is 6.92 Å². The zero-order valence-corrected chi connectivity index (χ0v) is 9.71. The van der Waals surface area contributed by atoms with E-state index in [2.05, 4.69) is 6.58 Å². The molecule has 0 heterocycles. The predicted molar refractivity (Wildman–Crippen MR) is 62.4 cm³/mol. The third-order valence-corrected chi connectivity index (χ3v) is 2.19. The molecule has 0 aliphatic rings.